The standard InChI is InChI=1S/C61H120O4/c1-3-5-7-9-11-13-15-17-18-19-20-22-25-28-32-35-39-43-47-51-55-59(61(63)64)56-52-48-44-40-36-33-29-26-23-21-24-27-30-34-38-42-46-50-54-58-65-60(62)57-53-49-45-41-37-31-16-14-12-10-8-6-4-2/h59H,3-58H2,1-2H3,(H,63,64). The average Bonchev–Trinajstić information content (AvgIpc) is 3.30. The number of hydrogen-bond acceptors (Lipinski definition) is 3. The van der Waals surface area contributed by atoms with Crippen molar-refractivity contribution in [1.29, 1.82) is 0 Å². The Kier molecular flexibility index (Phi) is 56.3. The Morgan fingerprint density at radius 2 is 0.492 bits per heavy atom. The summed E-state index contributed by atoms with van der Waals surface area (Å²) in [5.41, 5.74) is 0. The maximum Gasteiger partial charge on any atom is 0.306 e. The molecule has 0 saturated carbocycles. The molecule has 388 valence electrons. The number of hydrogen-bond donors (Lipinski definition) is 1. The highest BCUT2D eigenvalue weighted by Gasteiger charge is 2.16. The first-order chi connectivity index (χ1) is 32.1. The average molecular weight is 918 g/mol. The maximum atomic E-state index is 12.0. The van der Waals surface area contributed by atoms with Crippen LogP contribution in [0.4, 0.5) is 0 Å². The van der Waals surface area contributed by atoms with Gasteiger partial charge in [0, 0.05) is 6.42 Å². The number of ether oxygens (including phenoxy) is 1. The Morgan fingerprint density at radius 3 is 0.723 bits per heavy atom. The third kappa shape index (κ3) is 55.4. The molecule has 0 aliphatic rings. The SMILES string of the molecule is CCCCCCCCCCCCCCCCCCCCCCC(CCCCCCCCCCCCCCCCCCCCCOC(=O)CCCCCCCCCCCCCCC)C(=O)O. The summed E-state index contributed by atoms with van der Waals surface area (Å²) >= 11 is 0. The predicted octanol–water partition coefficient (Wildman–Crippen LogP) is 21.7. The molecule has 4 heteroatoms. The van der Waals surface area contributed by atoms with Gasteiger partial charge in [0.25, 0.3) is 0 Å². The first-order valence-corrected chi connectivity index (χ1v) is 30.5. The molecule has 0 aliphatic carbocycles. The highest BCUT2D eigenvalue weighted by molar-refractivity contribution is 5.70. The zero-order chi connectivity index (χ0) is 47.0. The van der Waals surface area contributed by atoms with Crippen LogP contribution in [0.5, 0.6) is 0 Å². The third-order valence-corrected chi connectivity index (χ3v) is 14.7. The highest BCUT2D eigenvalue weighted by Crippen LogP contribution is 2.22. The van der Waals surface area contributed by atoms with Crippen LogP contribution in [0.15, 0.2) is 0 Å². The van der Waals surface area contributed by atoms with E-state index in [9.17, 15) is 14.7 Å². The summed E-state index contributed by atoms with van der Waals surface area (Å²) in [5, 5.41) is 9.75. The zero-order valence-electron chi connectivity index (χ0n) is 44.8. The van der Waals surface area contributed by atoms with Crippen LogP contribution >= 0.6 is 0 Å². The van der Waals surface area contributed by atoms with E-state index in [0.717, 1.165) is 38.5 Å². The Morgan fingerprint density at radius 1 is 0.292 bits per heavy atom. The van der Waals surface area contributed by atoms with Gasteiger partial charge in [-0.15, -0.1) is 0 Å². The smallest absolute Gasteiger partial charge is 0.306 e. The zero-order valence-corrected chi connectivity index (χ0v) is 44.8. The molecule has 4 nitrogen and oxygen atoms in total. The molecule has 0 radical (unpaired) electrons. The number of aliphatic carboxylic acids is 1. The topological polar surface area (TPSA) is 63.6 Å². The van der Waals surface area contributed by atoms with Gasteiger partial charge in [-0.05, 0) is 25.7 Å². The molecule has 0 aromatic carbocycles. The number of rotatable bonds is 58. The van der Waals surface area contributed by atoms with E-state index < -0.39 is 5.97 Å². The van der Waals surface area contributed by atoms with Gasteiger partial charge in [-0.2, -0.15) is 0 Å². The minimum absolute atomic E-state index is 0.0184. The maximum absolute atomic E-state index is 12.0. The third-order valence-electron chi connectivity index (χ3n) is 14.7. The first-order valence-electron chi connectivity index (χ1n) is 30.5. The van der Waals surface area contributed by atoms with Crippen LogP contribution in [0.25, 0.3) is 0 Å². The van der Waals surface area contributed by atoms with Crippen molar-refractivity contribution in [2.24, 2.45) is 5.92 Å². The number of carbonyl (C=O) groups excluding carboxylic acids is 1. The summed E-state index contributed by atoms with van der Waals surface area (Å²) in [6, 6.07) is 0. The Bertz CT molecular complexity index is 902. The molecule has 0 amide bonds. The van der Waals surface area contributed by atoms with E-state index >= 15 is 0 Å². The van der Waals surface area contributed by atoms with E-state index in [1.807, 2.05) is 0 Å². The fourth-order valence-corrected chi connectivity index (χ4v) is 10.1. The summed E-state index contributed by atoms with van der Waals surface area (Å²) in [6.45, 7) is 5.20. The Hall–Kier alpha value is -1.06. The molecule has 1 N–H and O–H groups in total. The van der Waals surface area contributed by atoms with E-state index in [2.05, 4.69) is 13.8 Å². The summed E-state index contributed by atoms with van der Waals surface area (Å²) in [7, 11) is 0. The van der Waals surface area contributed by atoms with E-state index in [1.165, 1.54) is 308 Å². The molecule has 0 bridgehead atoms. The molecular weight excluding hydrogens is 797 g/mol. The Balaban J connectivity index is 3.32. The van der Waals surface area contributed by atoms with Gasteiger partial charge in [-0.25, -0.2) is 0 Å². The van der Waals surface area contributed by atoms with Gasteiger partial charge in [-0.1, -0.05) is 335 Å². The second-order valence-electron chi connectivity index (χ2n) is 21.3. The quantitative estimate of drug-likeness (QED) is 0.0488. The fourth-order valence-electron chi connectivity index (χ4n) is 10.1. The van der Waals surface area contributed by atoms with Crippen molar-refractivity contribution in [3.8, 4) is 0 Å². The molecular formula is C61H120O4. The van der Waals surface area contributed by atoms with Crippen LogP contribution < -0.4 is 0 Å². The van der Waals surface area contributed by atoms with Gasteiger partial charge >= 0.3 is 11.9 Å². The Labute approximate surface area is 409 Å². The van der Waals surface area contributed by atoms with Gasteiger partial charge in [0.15, 0.2) is 0 Å². The lowest BCUT2D eigenvalue weighted by molar-refractivity contribution is -0.144. The number of carbonyl (C=O) groups is 2. The van der Waals surface area contributed by atoms with Crippen molar-refractivity contribution >= 4 is 11.9 Å². The molecule has 0 fully saturated rings. The van der Waals surface area contributed by atoms with E-state index in [4.69, 9.17) is 4.74 Å². The molecule has 0 aliphatic heterocycles. The van der Waals surface area contributed by atoms with E-state index in [-0.39, 0.29) is 11.9 Å². The molecule has 0 aromatic heterocycles. The van der Waals surface area contributed by atoms with Gasteiger partial charge in [-0.3, -0.25) is 9.59 Å². The van der Waals surface area contributed by atoms with Crippen LogP contribution in [-0.4, -0.2) is 23.7 Å². The van der Waals surface area contributed by atoms with Gasteiger partial charge < -0.3 is 9.84 Å². The lowest BCUT2D eigenvalue weighted by Crippen LogP contribution is -2.13. The summed E-state index contributed by atoms with van der Waals surface area (Å²) in [4.78, 5) is 23.9. The second kappa shape index (κ2) is 57.3. The lowest BCUT2D eigenvalue weighted by Gasteiger charge is -2.12. The molecule has 0 aromatic rings. The second-order valence-corrected chi connectivity index (χ2v) is 21.3. The summed E-state index contributed by atoms with van der Waals surface area (Å²) in [5.74, 6) is -0.657. The van der Waals surface area contributed by atoms with Crippen LogP contribution in [-0.2, 0) is 14.3 Å². The van der Waals surface area contributed by atoms with E-state index in [0.29, 0.717) is 13.0 Å². The van der Waals surface area contributed by atoms with Crippen molar-refractivity contribution < 1.29 is 19.4 Å². The molecule has 0 saturated heterocycles. The molecule has 0 spiro atoms. The first kappa shape index (κ1) is 63.9. The largest absolute Gasteiger partial charge is 0.481 e. The van der Waals surface area contributed by atoms with Crippen molar-refractivity contribution in [2.75, 3.05) is 6.61 Å². The minimum atomic E-state index is -0.559. The lowest BCUT2D eigenvalue weighted by atomic mass is 9.94. The molecule has 1 atom stereocenters. The van der Waals surface area contributed by atoms with E-state index in [1.54, 1.807) is 0 Å². The monoisotopic (exact) mass is 917 g/mol. The van der Waals surface area contributed by atoms with Crippen LogP contribution in [0, 0.1) is 5.92 Å². The predicted molar refractivity (Wildman–Crippen MR) is 287 cm³/mol. The van der Waals surface area contributed by atoms with Crippen LogP contribution in [0.2, 0.25) is 0 Å². The molecule has 0 heterocycles. The fraction of sp³-hybridized carbons (Fsp3) is 0.967. The minimum Gasteiger partial charge on any atom is -0.481 e. The van der Waals surface area contributed by atoms with Crippen molar-refractivity contribution in [1.82, 2.24) is 0 Å². The molecule has 0 rings (SSSR count). The molecule has 65 heavy (non-hydrogen) atoms. The normalized spacial score (nSPS) is 12.0. The molecule has 1 unspecified atom stereocenters. The van der Waals surface area contributed by atoms with Gasteiger partial charge in [0.1, 0.15) is 0 Å². The summed E-state index contributed by atoms with van der Waals surface area (Å²) < 4.78 is 5.48. The van der Waals surface area contributed by atoms with Crippen LogP contribution in [0.3, 0.4) is 0 Å². The number of unbranched alkanes of at least 4 members (excludes halogenated alkanes) is 49. The van der Waals surface area contributed by atoms with Crippen molar-refractivity contribution in [3.63, 3.8) is 0 Å². The highest BCUT2D eigenvalue weighted by atomic mass is 16.5. The number of carboxylic acid groups (broad SMARTS) is 1. The number of carboxylic acids is 1. The number of esters is 1. The summed E-state index contributed by atoms with van der Waals surface area (Å²) in [6.07, 6.45) is 72.5. The van der Waals surface area contributed by atoms with Crippen LogP contribution in [0.1, 0.15) is 367 Å². The van der Waals surface area contributed by atoms with Crippen molar-refractivity contribution in [3.05, 3.63) is 0 Å². The van der Waals surface area contributed by atoms with Gasteiger partial charge in [0.05, 0.1) is 12.5 Å². The van der Waals surface area contributed by atoms with Crippen molar-refractivity contribution in [2.45, 2.75) is 367 Å². The van der Waals surface area contributed by atoms with Gasteiger partial charge in [0.2, 0.25) is 0 Å².